The van der Waals surface area contributed by atoms with Crippen molar-refractivity contribution in [3.8, 4) is 0 Å². The van der Waals surface area contributed by atoms with Crippen molar-refractivity contribution in [2.24, 2.45) is 4.99 Å². The zero-order valence-corrected chi connectivity index (χ0v) is 15.5. The van der Waals surface area contributed by atoms with Crippen LogP contribution in [0.2, 0.25) is 0 Å². The number of aliphatic imine (C=N–C) groups is 1. The number of hydrogen-bond donors (Lipinski definition) is 2. The molecular formula is C21H25N3O2. The number of nitrogens with one attached hydrogen (secondary N) is 1. The molecule has 0 spiro atoms. The summed E-state index contributed by atoms with van der Waals surface area (Å²) in [6, 6.07) is 12.0. The van der Waals surface area contributed by atoms with Crippen LogP contribution in [-0.2, 0) is 11.2 Å². The lowest BCUT2D eigenvalue weighted by Crippen LogP contribution is -2.13. The van der Waals surface area contributed by atoms with E-state index in [0.29, 0.717) is 13.0 Å². The number of anilines is 1. The van der Waals surface area contributed by atoms with Crippen molar-refractivity contribution < 1.29 is 9.90 Å². The Kier molecular flexibility index (Phi) is 7.09. The average molecular weight is 351 g/mol. The fourth-order valence-corrected chi connectivity index (χ4v) is 2.53. The molecule has 26 heavy (non-hydrogen) atoms. The smallest absolute Gasteiger partial charge is 0.303 e. The summed E-state index contributed by atoms with van der Waals surface area (Å²) in [6.45, 7) is 4.68. The molecular weight excluding hydrogens is 326 g/mol. The van der Waals surface area contributed by atoms with Gasteiger partial charge < -0.3 is 10.4 Å². The third-order valence-corrected chi connectivity index (χ3v) is 4.07. The van der Waals surface area contributed by atoms with Crippen LogP contribution in [0.25, 0.3) is 5.57 Å². The topological polar surface area (TPSA) is 74.6 Å². The van der Waals surface area contributed by atoms with E-state index in [4.69, 9.17) is 5.11 Å². The number of nitrogens with zero attached hydrogens (tertiary/aromatic N) is 2. The number of rotatable bonds is 8. The molecule has 1 aromatic carbocycles. The Balaban J connectivity index is 2.00. The summed E-state index contributed by atoms with van der Waals surface area (Å²) in [5, 5.41) is 12.0. The van der Waals surface area contributed by atoms with Gasteiger partial charge in [0.25, 0.3) is 0 Å². The minimum absolute atomic E-state index is 0.152. The first kappa shape index (κ1) is 19.4. The summed E-state index contributed by atoms with van der Waals surface area (Å²) in [5.74, 6) is 0.0598. The van der Waals surface area contributed by atoms with E-state index in [1.807, 2.05) is 50.2 Å². The quantitative estimate of drug-likeness (QED) is 0.705. The second-order valence-electron chi connectivity index (χ2n) is 6.20. The molecule has 0 radical (unpaired) electrons. The normalized spacial score (nSPS) is 12.1. The van der Waals surface area contributed by atoms with Gasteiger partial charge in [-0.15, -0.1) is 0 Å². The second-order valence-corrected chi connectivity index (χ2v) is 6.20. The van der Waals surface area contributed by atoms with Crippen molar-refractivity contribution in [1.29, 1.82) is 0 Å². The molecule has 0 aliphatic carbocycles. The van der Waals surface area contributed by atoms with Gasteiger partial charge in [-0.3, -0.25) is 9.79 Å². The Morgan fingerprint density at radius 3 is 2.62 bits per heavy atom. The molecule has 0 amide bonds. The third-order valence-electron chi connectivity index (χ3n) is 4.07. The van der Waals surface area contributed by atoms with Crippen LogP contribution in [0.15, 0.2) is 53.7 Å². The molecule has 1 aromatic heterocycles. The van der Waals surface area contributed by atoms with E-state index in [1.54, 1.807) is 13.2 Å². The number of carbonyl (C=O) groups is 1. The highest BCUT2D eigenvalue weighted by Crippen LogP contribution is 2.16. The number of carboxylic acid groups (broad SMARTS) is 1. The summed E-state index contributed by atoms with van der Waals surface area (Å²) < 4.78 is 0. The van der Waals surface area contributed by atoms with Gasteiger partial charge in [0.05, 0.1) is 12.3 Å². The van der Waals surface area contributed by atoms with Crippen molar-refractivity contribution in [1.82, 2.24) is 4.98 Å². The molecule has 5 heteroatoms. The zero-order valence-electron chi connectivity index (χ0n) is 15.5. The minimum atomic E-state index is -0.774. The molecule has 0 fully saturated rings. The Morgan fingerprint density at radius 2 is 2.00 bits per heavy atom. The van der Waals surface area contributed by atoms with Gasteiger partial charge >= 0.3 is 5.97 Å². The van der Waals surface area contributed by atoms with Crippen LogP contribution in [0.4, 0.5) is 5.82 Å². The van der Waals surface area contributed by atoms with Gasteiger partial charge in [0.15, 0.2) is 0 Å². The maximum atomic E-state index is 10.7. The summed E-state index contributed by atoms with van der Waals surface area (Å²) in [6.07, 6.45) is 4.54. The van der Waals surface area contributed by atoms with Crippen LogP contribution < -0.4 is 5.32 Å². The van der Waals surface area contributed by atoms with Gasteiger partial charge in [-0.05, 0) is 60.7 Å². The molecule has 5 nitrogen and oxygen atoms in total. The van der Waals surface area contributed by atoms with E-state index in [9.17, 15) is 4.79 Å². The van der Waals surface area contributed by atoms with Gasteiger partial charge in [0, 0.05) is 19.7 Å². The van der Waals surface area contributed by atoms with Crippen LogP contribution in [-0.4, -0.2) is 35.4 Å². The zero-order chi connectivity index (χ0) is 18.9. The first-order valence-electron chi connectivity index (χ1n) is 8.59. The molecule has 0 aliphatic heterocycles. The summed E-state index contributed by atoms with van der Waals surface area (Å²) >= 11 is 0. The predicted octanol–water partition coefficient (Wildman–Crippen LogP) is 3.99. The molecule has 1 heterocycles. The molecule has 2 rings (SSSR count). The molecule has 0 saturated carbocycles. The average Bonchev–Trinajstić information content (AvgIpc) is 2.63. The van der Waals surface area contributed by atoms with Crippen LogP contribution in [0.3, 0.4) is 0 Å². The third kappa shape index (κ3) is 6.16. The fourth-order valence-electron chi connectivity index (χ4n) is 2.53. The second kappa shape index (κ2) is 9.51. The highest BCUT2D eigenvalue weighted by molar-refractivity contribution is 6.03. The van der Waals surface area contributed by atoms with Gasteiger partial charge in [0.1, 0.15) is 5.82 Å². The first-order chi connectivity index (χ1) is 12.5. The standard InChI is InChI=1S/C21H25N3O2/c1-15-10-11-23-20(12-15)24-14-19(22-3)13-16(2)18-7-4-17(5-8-18)6-9-21(25)26/h4-5,7-8,10-13H,6,9,14H2,1-3H3,(H,23,24)(H,25,26)/b16-13+,22-19?. The number of carboxylic acids is 1. The monoisotopic (exact) mass is 351 g/mol. The number of hydrogen-bond acceptors (Lipinski definition) is 4. The predicted molar refractivity (Wildman–Crippen MR) is 107 cm³/mol. The van der Waals surface area contributed by atoms with Crippen LogP contribution in [0, 0.1) is 6.92 Å². The van der Waals surface area contributed by atoms with Crippen molar-refractivity contribution in [3.63, 3.8) is 0 Å². The molecule has 2 N–H and O–H groups in total. The first-order valence-corrected chi connectivity index (χ1v) is 8.59. The molecule has 2 aromatic rings. The van der Waals surface area contributed by atoms with Crippen LogP contribution in [0.1, 0.15) is 30.0 Å². The number of aryl methyl sites for hydroxylation is 2. The molecule has 0 atom stereocenters. The number of benzene rings is 1. The lowest BCUT2D eigenvalue weighted by atomic mass is 10.0. The van der Waals surface area contributed by atoms with Crippen molar-refractivity contribution >= 4 is 23.1 Å². The number of pyridine rings is 1. The van der Waals surface area contributed by atoms with Gasteiger partial charge in [-0.25, -0.2) is 4.98 Å². The van der Waals surface area contributed by atoms with E-state index < -0.39 is 5.97 Å². The van der Waals surface area contributed by atoms with Gasteiger partial charge in [-0.1, -0.05) is 24.3 Å². The van der Waals surface area contributed by atoms with Crippen LogP contribution >= 0.6 is 0 Å². The van der Waals surface area contributed by atoms with Crippen molar-refractivity contribution in [3.05, 3.63) is 65.4 Å². The fraction of sp³-hybridized carbons (Fsp3) is 0.286. The minimum Gasteiger partial charge on any atom is -0.481 e. The van der Waals surface area contributed by atoms with Gasteiger partial charge in [0.2, 0.25) is 0 Å². The SMILES string of the molecule is CN=C(/C=C(\C)c1ccc(CCC(=O)O)cc1)CNc1cc(C)ccn1. The van der Waals surface area contributed by atoms with Crippen molar-refractivity contribution in [2.45, 2.75) is 26.7 Å². The van der Waals surface area contributed by atoms with E-state index in [0.717, 1.165) is 33.8 Å². The molecule has 136 valence electrons. The lowest BCUT2D eigenvalue weighted by Gasteiger charge is -2.08. The number of allylic oxidation sites excluding steroid dienone is 1. The number of aliphatic carboxylic acids is 1. The molecule has 0 saturated heterocycles. The largest absolute Gasteiger partial charge is 0.481 e. The van der Waals surface area contributed by atoms with Crippen molar-refractivity contribution in [2.75, 3.05) is 18.9 Å². The Morgan fingerprint density at radius 1 is 1.27 bits per heavy atom. The maximum absolute atomic E-state index is 10.7. The Labute approximate surface area is 154 Å². The van der Waals surface area contributed by atoms with Gasteiger partial charge in [-0.2, -0.15) is 0 Å². The Bertz CT molecular complexity index is 808. The highest BCUT2D eigenvalue weighted by atomic mass is 16.4. The lowest BCUT2D eigenvalue weighted by molar-refractivity contribution is -0.136. The molecule has 0 unspecified atom stereocenters. The molecule has 0 aliphatic rings. The van der Waals surface area contributed by atoms with E-state index in [2.05, 4.69) is 21.4 Å². The van der Waals surface area contributed by atoms with Crippen LogP contribution in [0.5, 0.6) is 0 Å². The van der Waals surface area contributed by atoms with E-state index in [-0.39, 0.29) is 6.42 Å². The maximum Gasteiger partial charge on any atom is 0.303 e. The molecule has 0 bridgehead atoms. The summed E-state index contributed by atoms with van der Waals surface area (Å²) in [4.78, 5) is 19.3. The number of aromatic nitrogens is 1. The summed E-state index contributed by atoms with van der Waals surface area (Å²) in [5.41, 5.74) is 5.32. The summed E-state index contributed by atoms with van der Waals surface area (Å²) in [7, 11) is 1.78. The van der Waals surface area contributed by atoms with E-state index in [1.165, 1.54) is 0 Å². The Hall–Kier alpha value is -2.95. The highest BCUT2D eigenvalue weighted by Gasteiger charge is 2.03. The van der Waals surface area contributed by atoms with E-state index >= 15 is 0 Å².